The molecule has 1 saturated heterocycles. The highest BCUT2D eigenvalue weighted by molar-refractivity contribution is 9.10. The fraction of sp³-hybridized carbons (Fsp3) is 0.714. The van der Waals surface area contributed by atoms with Gasteiger partial charge in [0.15, 0.2) is 0 Å². The molecule has 0 spiro atoms. The molecule has 0 unspecified atom stereocenters. The van der Waals surface area contributed by atoms with Gasteiger partial charge in [-0.1, -0.05) is 6.92 Å². The Morgan fingerprint density at radius 1 is 1.44 bits per heavy atom. The second-order valence-electron chi connectivity index (χ2n) is 5.13. The van der Waals surface area contributed by atoms with Gasteiger partial charge in [0.2, 0.25) is 0 Å². The quantitative estimate of drug-likeness (QED) is 0.886. The van der Waals surface area contributed by atoms with Crippen molar-refractivity contribution in [3.63, 3.8) is 0 Å². The van der Waals surface area contributed by atoms with E-state index >= 15 is 0 Å². The van der Waals surface area contributed by atoms with E-state index in [2.05, 4.69) is 46.1 Å². The number of halogens is 1. The lowest BCUT2D eigenvalue weighted by atomic mass is 9.97. The van der Waals surface area contributed by atoms with Gasteiger partial charge >= 0.3 is 0 Å². The summed E-state index contributed by atoms with van der Waals surface area (Å²) in [7, 11) is 0. The predicted octanol–water partition coefficient (Wildman–Crippen LogP) is 3.64. The van der Waals surface area contributed by atoms with E-state index in [1.807, 2.05) is 11.3 Å². The zero-order valence-corrected chi connectivity index (χ0v) is 13.7. The van der Waals surface area contributed by atoms with Crippen LogP contribution in [0.2, 0.25) is 0 Å². The number of aryl methyl sites for hydroxylation is 1. The summed E-state index contributed by atoms with van der Waals surface area (Å²) in [6, 6.07) is 2.24. The molecule has 0 aliphatic carbocycles. The number of rotatable bonds is 5. The first-order valence-electron chi connectivity index (χ1n) is 6.87. The van der Waals surface area contributed by atoms with Crippen LogP contribution in [-0.2, 0) is 6.54 Å². The molecule has 0 radical (unpaired) electrons. The molecule has 102 valence electrons. The molecular weight excluding hydrogens is 308 g/mol. The minimum Gasteiger partial charge on any atom is -0.312 e. The zero-order chi connectivity index (χ0) is 13.0. The van der Waals surface area contributed by atoms with Gasteiger partial charge < -0.3 is 10.2 Å². The van der Waals surface area contributed by atoms with E-state index in [-0.39, 0.29) is 0 Å². The van der Waals surface area contributed by atoms with E-state index in [4.69, 9.17) is 0 Å². The summed E-state index contributed by atoms with van der Waals surface area (Å²) in [6.07, 6.45) is 2.71. The van der Waals surface area contributed by atoms with Gasteiger partial charge in [-0.05, 0) is 73.9 Å². The number of likely N-dealkylation sites (tertiary alicyclic amines) is 1. The Balaban J connectivity index is 1.67. The molecule has 2 heterocycles. The summed E-state index contributed by atoms with van der Waals surface area (Å²) in [6.45, 7) is 10.4. The summed E-state index contributed by atoms with van der Waals surface area (Å²) in [5.41, 5.74) is 0. The lowest BCUT2D eigenvalue weighted by Crippen LogP contribution is -2.36. The molecule has 1 N–H and O–H groups in total. The SMILES string of the molecule is CCN1CCC(CNCc2cc(Br)c(C)s2)CC1. The predicted molar refractivity (Wildman–Crippen MR) is 83.3 cm³/mol. The van der Waals surface area contributed by atoms with Crippen LogP contribution in [0.4, 0.5) is 0 Å². The minimum absolute atomic E-state index is 0.872. The molecule has 1 aromatic heterocycles. The van der Waals surface area contributed by atoms with E-state index in [1.165, 1.54) is 53.2 Å². The molecule has 1 aliphatic heterocycles. The van der Waals surface area contributed by atoms with Crippen LogP contribution in [0.1, 0.15) is 29.5 Å². The normalized spacial score (nSPS) is 18.4. The highest BCUT2D eigenvalue weighted by atomic mass is 79.9. The topological polar surface area (TPSA) is 15.3 Å². The molecule has 1 aromatic rings. The van der Waals surface area contributed by atoms with Crippen molar-refractivity contribution in [1.82, 2.24) is 10.2 Å². The van der Waals surface area contributed by atoms with Gasteiger partial charge in [0.1, 0.15) is 0 Å². The first-order chi connectivity index (χ1) is 8.69. The number of nitrogens with one attached hydrogen (secondary N) is 1. The highest BCUT2D eigenvalue weighted by Gasteiger charge is 2.17. The fourth-order valence-electron chi connectivity index (χ4n) is 2.51. The van der Waals surface area contributed by atoms with Gasteiger partial charge in [0.05, 0.1) is 0 Å². The van der Waals surface area contributed by atoms with Crippen LogP contribution >= 0.6 is 27.3 Å². The first-order valence-corrected chi connectivity index (χ1v) is 8.48. The number of nitrogens with zero attached hydrogens (tertiary/aromatic N) is 1. The van der Waals surface area contributed by atoms with Gasteiger partial charge in [0, 0.05) is 20.8 Å². The Labute approximate surface area is 123 Å². The van der Waals surface area contributed by atoms with E-state index in [0.29, 0.717) is 0 Å². The van der Waals surface area contributed by atoms with Crippen LogP contribution in [0.3, 0.4) is 0 Å². The Kier molecular flexibility index (Phi) is 5.67. The van der Waals surface area contributed by atoms with Crippen LogP contribution in [0, 0.1) is 12.8 Å². The molecule has 2 rings (SSSR count). The van der Waals surface area contributed by atoms with Crippen LogP contribution in [0.25, 0.3) is 0 Å². The Bertz CT molecular complexity index is 350. The molecule has 4 heteroatoms. The molecule has 2 nitrogen and oxygen atoms in total. The van der Waals surface area contributed by atoms with Crippen LogP contribution in [-0.4, -0.2) is 31.1 Å². The highest BCUT2D eigenvalue weighted by Crippen LogP contribution is 2.26. The van der Waals surface area contributed by atoms with Crippen molar-refractivity contribution in [3.8, 4) is 0 Å². The Hall–Kier alpha value is 0.1000. The summed E-state index contributed by atoms with van der Waals surface area (Å²) >= 11 is 5.46. The van der Waals surface area contributed by atoms with Gasteiger partial charge in [0.25, 0.3) is 0 Å². The van der Waals surface area contributed by atoms with E-state index in [0.717, 1.165) is 12.5 Å². The molecule has 18 heavy (non-hydrogen) atoms. The van der Waals surface area contributed by atoms with Gasteiger partial charge in [-0.25, -0.2) is 0 Å². The second kappa shape index (κ2) is 7.04. The summed E-state index contributed by atoms with van der Waals surface area (Å²) in [5.74, 6) is 0.872. The monoisotopic (exact) mass is 330 g/mol. The number of hydrogen-bond acceptors (Lipinski definition) is 3. The summed E-state index contributed by atoms with van der Waals surface area (Å²) in [4.78, 5) is 5.37. The molecule has 1 aliphatic rings. The first kappa shape index (κ1) is 14.5. The van der Waals surface area contributed by atoms with Crippen molar-refractivity contribution in [2.75, 3.05) is 26.2 Å². The van der Waals surface area contributed by atoms with Crippen molar-refractivity contribution < 1.29 is 0 Å². The van der Waals surface area contributed by atoms with Crippen molar-refractivity contribution in [1.29, 1.82) is 0 Å². The molecule has 0 atom stereocenters. The standard InChI is InChI=1S/C14H23BrN2S/c1-3-17-6-4-12(5-7-17)9-16-10-13-8-14(15)11(2)18-13/h8,12,16H,3-7,9-10H2,1-2H3. The Morgan fingerprint density at radius 3 is 2.72 bits per heavy atom. The molecular formula is C14H23BrN2S. The second-order valence-corrected chi connectivity index (χ2v) is 7.32. The third kappa shape index (κ3) is 4.05. The Morgan fingerprint density at radius 2 is 2.17 bits per heavy atom. The third-order valence-corrected chi connectivity index (χ3v) is 5.93. The van der Waals surface area contributed by atoms with Crippen molar-refractivity contribution >= 4 is 27.3 Å². The molecule has 0 bridgehead atoms. The van der Waals surface area contributed by atoms with Gasteiger partial charge in [-0.2, -0.15) is 0 Å². The van der Waals surface area contributed by atoms with Crippen LogP contribution < -0.4 is 5.32 Å². The maximum absolute atomic E-state index is 3.62. The van der Waals surface area contributed by atoms with Gasteiger partial charge in [-0.3, -0.25) is 0 Å². The number of thiophene rings is 1. The van der Waals surface area contributed by atoms with E-state index < -0.39 is 0 Å². The zero-order valence-electron chi connectivity index (χ0n) is 11.3. The summed E-state index contributed by atoms with van der Waals surface area (Å²) in [5, 5.41) is 3.62. The molecule has 0 amide bonds. The average molecular weight is 331 g/mol. The average Bonchev–Trinajstić information content (AvgIpc) is 2.69. The number of piperidine rings is 1. The van der Waals surface area contributed by atoms with Crippen molar-refractivity contribution in [2.45, 2.75) is 33.2 Å². The third-order valence-electron chi connectivity index (χ3n) is 3.79. The summed E-state index contributed by atoms with van der Waals surface area (Å²) < 4.78 is 1.25. The van der Waals surface area contributed by atoms with Crippen LogP contribution in [0.15, 0.2) is 10.5 Å². The van der Waals surface area contributed by atoms with Crippen molar-refractivity contribution in [2.24, 2.45) is 5.92 Å². The van der Waals surface area contributed by atoms with Crippen molar-refractivity contribution in [3.05, 3.63) is 20.3 Å². The minimum atomic E-state index is 0.872. The molecule has 0 aromatic carbocycles. The van der Waals surface area contributed by atoms with E-state index in [1.54, 1.807) is 0 Å². The lowest BCUT2D eigenvalue weighted by molar-refractivity contribution is 0.190. The fourth-order valence-corrected chi connectivity index (χ4v) is 4.08. The molecule has 1 fully saturated rings. The smallest absolute Gasteiger partial charge is 0.0314 e. The maximum Gasteiger partial charge on any atom is 0.0314 e. The van der Waals surface area contributed by atoms with E-state index in [9.17, 15) is 0 Å². The molecule has 0 saturated carbocycles. The maximum atomic E-state index is 3.62. The van der Waals surface area contributed by atoms with Gasteiger partial charge in [-0.15, -0.1) is 11.3 Å². The number of hydrogen-bond donors (Lipinski definition) is 1. The lowest BCUT2D eigenvalue weighted by Gasteiger charge is -2.31. The largest absolute Gasteiger partial charge is 0.312 e. The van der Waals surface area contributed by atoms with Crippen LogP contribution in [0.5, 0.6) is 0 Å².